The largest absolute Gasteiger partial charge is 0.330 e. The van der Waals surface area contributed by atoms with E-state index in [0.717, 1.165) is 17.0 Å². The lowest BCUT2D eigenvalue weighted by atomic mass is 9.99. The van der Waals surface area contributed by atoms with E-state index in [1.807, 2.05) is 6.20 Å². The van der Waals surface area contributed by atoms with E-state index < -0.39 is 0 Å². The molecule has 0 bridgehead atoms. The second kappa shape index (κ2) is 3.18. The monoisotopic (exact) mass is 229 g/mol. The quantitative estimate of drug-likeness (QED) is 0.794. The fraction of sp³-hybridized carbons (Fsp3) is 0.625. The minimum Gasteiger partial charge on any atom is -0.330 e. The summed E-state index contributed by atoms with van der Waals surface area (Å²) < 4.78 is 3.29. The molecule has 1 aromatic rings. The van der Waals surface area contributed by atoms with Gasteiger partial charge in [-0.2, -0.15) is 0 Å². The highest BCUT2D eigenvalue weighted by molar-refractivity contribution is 9.10. The standard InChI is InChI=1S/C8H12BrN3/c9-7-5-11-8-6(4-10)2-1-3-12(7)8/h5-6H,1-4,10H2. The van der Waals surface area contributed by atoms with Gasteiger partial charge in [0.1, 0.15) is 10.4 Å². The second-order valence-corrected chi connectivity index (χ2v) is 3.98. The summed E-state index contributed by atoms with van der Waals surface area (Å²) in [6.45, 7) is 1.79. The zero-order chi connectivity index (χ0) is 8.55. The number of hydrogen-bond acceptors (Lipinski definition) is 2. The molecule has 1 unspecified atom stereocenters. The van der Waals surface area contributed by atoms with Crippen molar-refractivity contribution in [1.82, 2.24) is 9.55 Å². The lowest BCUT2D eigenvalue weighted by molar-refractivity contribution is 0.444. The van der Waals surface area contributed by atoms with Crippen molar-refractivity contribution >= 4 is 15.9 Å². The van der Waals surface area contributed by atoms with Crippen molar-refractivity contribution in [2.45, 2.75) is 25.3 Å². The third kappa shape index (κ3) is 1.19. The molecule has 1 aromatic heterocycles. The molecule has 0 saturated heterocycles. The van der Waals surface area contributed by atoms with Gasteiger partial charge >= 0.3 is 0 Å². The van der Waals surface area contributed by atoms with Crippen LogP contribution in [0.1, 0.15) is 24.6 Å². The number of fused-ring (bicyclic) bond motifs is 1. The first kappa shape index (κ1) is 8.26. The van der Waals surface area contributed by atoms with E-state index in [1.54, 1.807) is 0 Å². The Hall–Kier alpha value is -0.350. The number of nitrogens with zero attached hydrogens (tertiary/aromatic N) is 2. The van der Waals surface area contributed by atoms with Gasteiger partial charge in [-0.3, -0.25) is 0 Å². The number of imidazole rings is 1. The molecule has 0 radical (unpaired) electrons. The van der Waals surface area contributed by atoms with Gasteiger partial charge in [0.15, 0.2) is 0 Å². The SMILES string of the molecule is NCC1CCCn2c(Br)cnc21. The summed E-state index contributed by atoms with van der Waals surface area (Å²) in [7, 11) is 0. The topological polar surface area (TPSA) is 43.8 Å². The van der Waals surface area contributed by atoms with Crippen molar-refractivity contribution in [2.75, 3.05) is 6.54 Å². The Morgan fingerprint density at radius 3 is 3.33 bits per heavy atom. The lowest BCUT2D eigenvalue weighted by Gasteiger charge is -2.22. The Labute approximate surface area is 80.1 Å². The summed E-state index contributed by atoms with van der Waals surface area (Å²) in [4.78, 5) is 4.34. The minimum absolute atomic E-state index is 0.463. The molecule has 12 heavy (non-hydrogen) atoms. The van der Waals surface area contributed by atoms with Crippen LogP contribution in [0.5, 0.6) is 0 Å². The first-order chi connectivity index (χ1) is 5.83. The summed E-state index contributed by atoms with van der Waals surface area (Å²) in [6, 6.07) is 0. The Balaban J connectivity index is 2.38. The van der Waals surface area contributed by atoms with Crippen molar-refractivity contribution in [3.05, 3.63) is 16.6 Å². The number of nitrogens with two attached hydrogens (primary N) is 1. The van der Waals surface area contributed by atoms with Gasteiger partial charge in [-0.15, -0.1) is 0 Å². The maximum Gasteiger partial charge on any atom is 0.113 e. The Bertz CT molecular complexity index is 282. The van der Waals surface area contributed by atoms with Gasteiger partial charge in [0.05, 0.1) is 6.20 Å². The molecule has 1 aliphatic heterocycles. The van der Waals surface area contributed by atoms with Crippen LogP contribution in [0.25, 0.3) is 0 Å². The molecule has 1 atom stereocenters. The minimum atomic E-state index is 0.463. The molecule has 0 spiro atoms. The van der Waals surface area contributed by atoms with Crippen LogP contribution in [0.4, 0.5) is 0 Å². The van der Waals surface area contributed by atoms with Crippen LogP contribution in [0, 0.1) is 0 Å². The van der Waals surface area contributed by atoms with Crippen molar-refractivity contribution in [3.63, 3.8) is 0 Å². The van der Waals surface area contributed by atoms with Gasteiger partial charge in [0.25, 0.3) is 0 Å². The van der Waals surface area contributed by atoms with Crippen LogP contribution < -0.4 is 5.73 Å². The van der Waals surface area contributed by atoms with Gasteiger partial charge in [0.2, 0.25) is 0 Å². The van der Waals surface area contributed by atoms with Crippen LogP contribution in [0.15, 0.2) is 10.8 Å². The van der Waals surface area contributed by atoms with Crippen molar-refractivity contribution in [3.8, 4) is 0 Å². The second-order valence-electron chi connectivity index (χ2n) is 3.17. The Morgan fingerprint density at radius 1 is 1.75 bits per heavy atom. The smallest absolute Gasteiger partial charge is 0.113 e. The van der Waals surface area contributed by atoms with Gasteiger partial charge < -0.3 is 10.3 Å². The third-order valence-corrected chi connectivity index (χ3v) is 3.05. The summed E-state index contributed by atoms with van der Waals surface area (Å²) in [5, 5.41) is 0. The summed E-state index contributed by atoms with van der Waals surface area (Å²) in [5.74, 6) is 1.61. The Kier molecular flexibility index (Phi) is 2.19. The lowest BCUT2D eigenvalue weighted by Crippen LogP contribution is -2.22. The molecule has 0 aliphatic carbocycles. The average molecular weight is 230 g/mol. The summed E-state index contributed by atoms with van der Waals surface area (Å²) in [6.07, 6.45) is 4.26. The first-order valence-corrected chi connectivity index (χ1v) is 5.03. The molecule has 2 rings (SSSR count). The third-order valence-electron chi connectivity index (χ3n) is 2.42. The van der Waals surface area contributed by atoms with Gasteiger partial charge in [-0.1, -0.05) is 0 Å². The molecular weight excluding hydrogens is 218 g/mol. The maximum absolute atomic E-state index is 5.66. The molecule has 3 nitrogen and oxygen atoms in total. The predicted octanol–water partition coefficient (Wildman–Crippen LogP) is 1.48. The predicted molar refractivity (Wildman–Crippen MR) is 51.0 cm³/mol. The molecule has 0 fully saturated rings. The molecule has 0 amide bonds. The van der Waals surface area contributed by atoms with E-state index in [-0.39, 0.29) is 0 Å². The molecule has 2 heterocycles. The van der Waals surface area contributed by atoms with Crippen LogP contribution in [0.3, 0.4) is 0 Å². The van der Waals surface area contributed by atoms with E-state index in [4.69, 9.17) is 5.73 Å². The zero-order valence-corrected chi connectivity index (χ0v) is 8.42. The fourth-order valence-electron chi connectivity index (χ4n) is 1.76. The van der Waals surface area contributed by atoms with Crippen molar-refractivity contribution in [1.29, 1.82) is 0 Å². The highest BCUT2D eigenvalue weighted by Gasteiger charge is 2.21. The van der Waals surface area contributed by atoms with Gasteiger partial charge in [0, 0.05) is 19.0 Å². The molecular formula is C8H12BrN3. The molecule has 0 saturated carbocycles. The summed E-state index contributed by atoms with van der Waals surface area (Å²) >= 11 is 3.47. The number of halogens is 1. The normalized spacial score (nSPS) is 22.3. The number of hydrogen-bond donors (Lipinski definition) is 1. The van der Waals surface area contributed by atoms with Crippen molar-refractivity contribution < 1.29 is 0 Å². The number of rotatable bonds is 1. The number of aromatic nitrogens is 2. The molecule has 0 aromatic carbocycles. The van der Waals surface area contributed by atoms with Crippen LogP contribution in [0.2, 0.25) is 0 Å². The van der Waals surface area contributed by atoms with Gasteiger partial charge in [-0.25, -0.2) is 4.98 Å². The first-order valence-electron chi connectivity index (χ1n) is 4.24. The summed E-state index contributed by atoms with van der Waals surface area (Å²) in [5.41, 5.74) is 5.66. The van der Waals surface area contributed by atoms with Crippen LogP contribution in [-0.2, 0) is 6.54 Å². The van der Waals surface area contributed by atoms with Crippen LogP contribution >= 0.6 is 15.9 Å². The Morgan fingerprint density at radius 2 is 2.58 bits per heavy atom. The average Bonchev–Trinajstić information content (AvgIpc) is 2.48. The molecule has 2 N–H and O–H groups in total. The molecule has 66 valence electrons. The van der Waals surface area contributed by atoms with Crippen LogP contribution in [-0.4, -0.2) is 16.1 Å². The van der Waals surface area contributed by atoms with E-state index in [0.29, 0.717) is 12.5 Å². The van der Waals surface area contributed by atoms with E-state index in [2.05, 4.69) is 25.5 Å². The molecule has 4 heteroatoms. The van der Waals surface area contributed by atoms with E-state index >= 15 is 0 Å². The van der Waals surface area contributed by atoms with E-state index in [9.17, 15) is 0 Å². The highest BCUT2D eigenvalue weighted by Crippen LogP contribution is 2.28. The maximum atomic E-state index is 5.66. The molecule has 1 aliphatic rings. The zero-order valence-electron chi connectivity index (χ0n) is 6.83. The van der Waals surface area contributed by atoms with Crippen molar-refractivity contribution in [2.24, 2.45) is 5.73 Å². The van der Waals surface area contributed by atoms with E-state index in [1.165, 1.54) is 12.8 Å². The van der Waals surface area contributed by atoms with Gasteiger partial charge in [-0.05, 0) is 28.8 Å². The fourth-order valence-corrected chi connectivity index (χ4v) is 2.22. The highest BCUT2D eigenvalue weighted by atomic mass is 79.9.